The number of amides is 1. The first-order chi connectivity index (χ1) is 23.2. The van der Waals surface area contributed by atoms with Crippen LogP contribution in [0.4, 0.5) is 0 Å². The molecule has 0 heterocycles. The van der Waals surface area contributed by atoms with E-state index in [-0.39, 0.29) is 12.5 Å². The van der Waals surface area contributed by atoms with E-state index >= 15 is 0 Å². The summed E-state index contributed by atoms with van der Waals surface area (Å²) in [5, 5.41) is 23.2. The molecular weight excluding hydrogens is 578 g/mol. The van der Waals surface area contributed by atoms with Crippen LogP contribution in [0, 0.1) is 0 Å². The van der Waals surface area contributed by atoms with Crippen LogP contribution < -0.4 is 5.32 Å². The molecule has 1 amide bonds. The zero-order valence-corrected chi connectivity index (χ0v) is 32.3. The monoisotopic (exact) mass is 666 g/mol. The van der Waals surface area contributed by atoms with E-state index in [0.29, 0.717) is 12.8 Å². The van der Waals surface area contributed by atoms with Crippen molar-refractivity contribution in [2.75, 3.05) is 6.61 Å². The van der Waals surface area contributed by atoms with Gasteiger partial charge in [-0.3, -0.25) is 4.79 Å². The van der Waals surface area contributed by atoms with Crippen molar-refractivity contribution in [2.45, 2.75) is 264 Å². The average Bonchev–Trinajstić information content (AvgIpc) is 3.07. The molecule has 2 atom stereocenters. The Morgan fingerprint density at radius 2 is 0.681 bits per heavy atom. The van der Waals surface area contributed by atoms with Gasteiger partial charge in [-0.2, -0.15) is 0 Å². The first-order valence-corrected chi connectivity index (χ1v) is 21.7. The van der Waals surface area contributed by atoms with E-state index in [1.54, 1.807) is 0 Å². The molecule has 47 heavy (non-hydrogen) atoms. The standard InChI is InChI=1S/C43H87NO3/c1-3-5-7-9-11-13-15-17-19-20-21-22-23-25-27-29-31-33-35-37-39-43(47)44-41(40-45)42(46)38-36-34-32-30-28-26-24-18-16-14-12-10-8-6-4-2/h41-42,45-46H,3-40H2,1-2H3,(H,44,47). The predicted molar refractivity (Wildman–Crippen MR) is 207 cm³/mol. The number of aliphatic hydroxyl groups excluding tert-OH is 2. The second-order valence-corrected chi connectivity index (χ2v) is 15.1. The van der Waals surface area contributed by atoms with Crippen LogP contribution in [-0.2, 0) is 4.79 Å². The van der Waals surface area contributed by atoms with E-state index < -0.39 is 12.1 Å². The van der Waals surface area contributed by atoms with Gasteiger partial charge in [0.25, 0.3) is 0 Å². The third-order valence-corrected chi connectivity index (χ3v) is 10.4. The Bertz CT molecular complexity index is 598. The van der Waals surface area contributed by atoms with Crippen molar-refractivity contribution in [1.29, 1.82) is 0 Å². The summed E-state index contributed by atoms with van der Waals surface area (Å²) in [6, 6.07) is -0.528. The maximum Gasteiger partial charge on any atom is 0.220 e. The van der Waals surface area contributed by atoms with Crippen molar-refractivity contribution in [3.8, 4) is 0 Å². The highest BCUT2D eigenvalue weighted by atomic mass is 16.3. The molecule has 0 aromatic carbocycles. The molecule has 0 aliphatic rings. The van der Waals surface area contributed by atoms with Gasteiger partial charge in [0, 0.05) is 6.42 Å². The van der Waals surface area contributed by atoms with Crippen LogP contribution in [0.15, 0.2) is 0 Å². The molecule has 0 saturated carbocycles. The summed E-state index contributed by atoms with van der Waals surface area (Å²) in [5.74, 6) is -0.0259. The summed E-state index contributed by atoms with van der Waals surface area (Å²) in [5.41, 5.74) is 0. The van der Waals surface area contributed by atoms with E-state index in [0.717, 1.165) is 25.7 Å². The fourth-order valence-corrected chi connectivity index (χ4v) is 7.01. The number of carbonyl (C=O) groups excluding carboxylic acids is 1. The number of rotatable bonds is 40. The highest BCUT2D eigenvalue weighted by Gasteiger charge is 2.20. The van der Waals surface area contributed by atoms with Crippen molar-refractivity contribution < 1.29 is 15.0 Å². The highest BCUT2D eigenvalue weighted by molar-refractivity contribution is 5.76. The molecule has 0 aromatic rings. The van der Waals surface area contributed by atoms with Gasteiger partial charge in [-0.05, 0) is 12.8 Å². The summed E-state index contributed by atoms with van der Waals surface area (Å²) in [7, 11) is 0. The number of nitrogens with one attached hydrogen (secondary N) is 1. The van der Waals surface area contributed by atoms with E-state index in [1.165, 1.54) is 199 Å². The summed E-state index contributed by atoms with van der Waals surface area (Å²) >= 11 is 0. The molecule has 0 rings (SSSR count). The smallest absolute Gasteiger partial charge is 0.220 e. The van der Waals surface area contributed by atoms with Crippen LogP contribution in [0.5, 0.6) is 0 Å². The van der Waals surface area contributed by atoms with E-state index in [2.05, 4.69) is 19.2 Å². The van der Waals surface area contributed by atoms with Gasteiger partial charge in [-0.1, -0.05) is 232 Å². The molecule has 0 fully saturated rings. The van der Waals surface area contributed by atoms with E-state index in [1.807, 2.05) is 0 Å². The maximum atomic E-state index is 12.4. The summed E-state index contributed by atoms with van der Waals surface area (Å²) in [4.78, 5) is 12.4. The first-order valence-electron chi connectivity index (χ1n) is 21.7. The minimum Gasteiger partial charge on any atom is -0.394 e. The summed E-state index contributed by atoms with van der Waals surface area (Å²) < 4.78 is 0. The number of unbranched alkanes of at least 4 members (excludes halogenated alkanes) is 33. The Balaban J connectivity index is 3.46. The molecule has 0 saturated heterocycles. The lowest BCUT2D eigenvalue weighted by molar-refractivity contribution is -0.123. The molecule has 2 unspecified atom stereocenters. The maximum absolute atomic E-state index is 12.4. The van der Waals surface area contributed by atoms with Crippen LogP contribution in [0.3, 0.4) is 0 Å². The van der Waals surface area contributed by atoms with Gasteiger partial charge in [0.1, 0.15) is 0 Å². The number of hydrogen-bond donors (Lipinski definition) is 3. The van der Waals surface area contributed by atoms with E-state index in [9.17, 15) is 15.0 Å². The molecule has 4 heteroatoms. The molecule has 3 N–H and O–H groups in total. The Morgan fingerprint density at radius 3 is 0.957 bits per heavy atom. The minimum absolute atomic E-state index is 0.0259. The summed E-state index contributed by atoms with van der Waals surface area (Å²) in [6.45, 7) is 4.38. The molecule has 4 nitrogen and oxygen atoms in total. The lowest BCUT2D eigenvalue weighted by atomic mass is 10.0. The molecule has 0 spiro atoms. The Kier molecular flexibility index (Phi) is 39.3. The van der Waals surface area contributed by atoms with Gasteiger partial charge in [-0.15, -0.1) is 0 Å². The zero-order chi connectivity index (χ0) is 34.3. The second-order valence-electron chi connectivity index (χ2n) is 15.1. The largest absolute Gasteiger partial charge is 0.394 e. The van der Waals surface area contributed by atoms with Gasteiger partial charge < -0.3 is 15.5 Å². The SMILES string of the molecule is CCCCCCCCCCCCCCCCCCCCCCC(=O)NC(CO)C(O)CCCCCCCCCCCCCCCCC. The number of carbonyl (C=O) groups is 1. The van der Waals surface area contributed by atoms with E-state index in [4.69, 9.17) is 0 Å². The number of aliphatic hydroxyl groups is 2. The molecule has 0 bridgehead atoms. The fraction of sp³-hybridized carbons (Fsp3) is 0.977. The lowest BCUT2D eigenvalue weighted by Gasteiger charge is -2.22. The van der Waals surface area contributed by atoms with Gasteiger partial charge >= 0.3 is 0 Å². The highest BCUT2D eigenvalue weighted by Crippen LogP contribution is 2.17. The van der Waals surface area contributed by atoms with Crippen molar-refractivity contribution in [3.05, 3.63) is 0 Å². The number of hydrogen-bond acceptors (Lipinski definition) is 3. The van der Waals surface area contributed by atoms with Crippen LogP contribution in [0.1, 0.15) is 251 Å². The third kappa shape index (κ3) is 36.5. The Labute approximate surface area is 295 Å². The Morgan fingerprint density at radius 1 is 0.426 bits per heavy atom. The molecule has 0 aliphatic carbocycles. The van der Waals surface area contributed by atoms with Gasteiger partial charge in [0.05, 0.1) is 18.8 Å². The van der Waals surface area contributed by atoms with Crippen molar-refractivity contribution in [2.24, 2.45) is 0 Å². The van der Waals surface area contributed by atoms with Crippen molar-refractivity contribution in [1.82, 2.24) is 5.32 Å². The molecule has 282 valence electrons. The zero-order valence-electron chi connectivity index (χ0n) is 32.3. The van der Waals surface area contributed by atoms with Crippen molar-refractivity contribution in [3.63, 3.8) is 0 Å². The van der Waals surface area contributed by atoms with Gasteiger partial charge in [-0.25, -0.2) is 0 Å². The quantitative estimate of drug-likeness (QED) is 0.0570. The third-order valence-electron chi connectivity index (χ3n) is 10.4. The summed E-state index contributed by atoms with van der Waals surface area (Å²) in [6.07, 6.45) is 47.5. The average molecular weight is 666 g/mol. The van der Waals surface area contributed by atoms with Gasteiger partial charge in [0.15, 0.2) is 0 Å². The van der Waals surface area contributed by atoms with Crippen LogP contribution in [0.2, 0.25) is 0 Å². The van der Waals surface area contributed by atoms with Crippen LogP contribution in [-0.4, -0.2) is 34.9 Å². The molecule has 0 aliphatic heterocycles. The molecule has 0 aromatic heterocycles. The molecule has 0 radical (unpaired) electrons. The minimum atomic E-state index is -0.652. The van der Waals surface area contributed by atoms with Gasteiger partial charge in [0.2, 0.25) is 5.91 Å². The normalized spacial score (nSPS) is 12.9. The first kappa shape index (κ1) is 46.4. The Hall–Kier alpha value is -0.610. The van der Waals surface area contributed by atoms with Crippen molar-refractivity contribution >= 4 is 5.91 Å². The lowest BCUT2D eigenvalue weighted by Crippen LogP contribution is -2.45. The second kappa shape index (κ2) is 39.8. The topological polar surface area (TPSA) is 69.6 Å². The predicted octanol–water partition coefficient (Wildman–Crippen LogP) is 13.3. The van der Waals surface area contributed by atoms with Crippen LogP contribution in [0.25, 0.3) is 0 Å². The molecular formula is C43H87NO3. The van der Waals surface area contributed by atoms with Crippen LogP contribution >= 0.6 is 0 Å². The fourth-order valence-electron chi connectivity index (χ4n) is 7.01.